The first kappa shape index (κ1) is 20.7. The van der Waals surface area contributed by atoms with Crippen molar-refractivity contribution in [1.82, 2.24) is 10.0 Å². The van der Waals surface area contributed by atoms with Crippen LogP contribution in [0.15, 0.2) is 29.2 Å². The standard InChI is InChI=1S/C18H28N2O5S/c1-3-4-5-6-16(17(21)15-11-12-25-18(22)19-15)20-26(23,24)14-9-7-13(2)8-10-14/h7-10,15-17,20-21H,3-6,11-12H2,1-2H3,(H,19,22)/t15-,16-,17?/m0/s1. The van der Waals surface area contributed by atoms with Gasteiger partial charge in [-0.3, -0.25) is 0 Å². The van der Waals surface area contributed by atoms with E-state index in [-0.39, 0.29) is 11.5 Å². The average molecular weight is 384 g/mol. The number of ether oxygens (including phenoxy) is 1. The molecule has 1 fully saturated rings. The lowest BCUT2D eigenvalue weighted by molar-refractivity contribution is 0.0473. The number of carbonyl (C=O) groups is 1. The van der Waals surface area contributed by atoms with Gasteiger partial charge in [0.1, 0.15) is 0 Å². The molecule has 0 aliphatic carbocycles. The van der Waals surface area contributed by atoms with Gasteiger partial charge < -0.3 is 15.2 Å². The second kappa shape index (κ2) is 9.34. The molecule has 0 spiro atoms. The Bertz CT molecular complexity index is 690. The smallest absolute Gasteiger partial charge is 0.407 e. The number of aryl methyl sites for hydroxylation is 1. The van der Waals surface area contributed by atoms with E-state index < -0.39 is 34.3 Å². The number of amides is 1. The third-order valence-corrected chi connectivity index (χ3v) is 6.05. The van der Waals surface area contributed by atoms with E-state index in [0.29, 0.717) is 12.8 Å². The number of nitrogens with one attached hydrogen (secondary N) is 2. The molecule has 0 saturated carbocycles. The summed E-state index contributed by atoms with van der Waals surface area (Å²) in [5.41, 5.74) is 0.966. The second-order valence-corrected chi connectivity index (χ2v) is 8.42. The van der Waals surface area contributed by atoms with Crippen LogP contribution in [-0.4, -0.2) is 44.4 Å². The van der Waals surface area contributed by atoms with Gasteiger partial charge in [-0.05, 0) is 25.5 Å². The van der Waals surface area contributed by atoms with Gasteiger partial charge in [0.25, 0.3) is 0 Å². The quantitative estimate of drug-likeness (QED) is 0.566. The van der Waals surface area contributed by atoms with Crippen LogP contribution < -0.4 is 10.0 Å². The highest BCUT2D eigenvalue weighted by molar-refractivity contribution is 7.89. The number of rotatable bonds is 9. The molecule has 0 aromatic heterocycles. The summed E-state index contributed by atoms with van der Waals surface area (Å²) in [6, 6.07) is 5.33. The Morgan fingerprint density at radius 1 is 1.31 bits per heavy atom. The van der Waals surface area contributed by atoms with Crippen molar-refractivity contribution in [1.29, 1.82) is 0 Å². The molecule has 3 atom stereocenters. The number of aliphatic hydroxyl groups excluding tert-OH is 1. The van der Waals surface area contributed by atoms with Crippen LogP contribution in [0.1, 0.15) is 44.6 Å². The lowest BCUT2D eigenvalue weighted by atomic mass is 9.96. The first-order valence-electron chi connectivity index (χ1n) is 9.04. The molecule has 3 N–H and O–H groups in total. The van der Waals surface area contributed by atoms with Crippen molar-refractivity contribution in [3.63, 3.8) is 0 Å². The number of cyclic esters (lactones) is 1. The van der Waals surface area contributed by atoms with E-state index in [2.05, 4.69) is 17.0 Å². The molecule has 1 heterocycles. The Morgan fingerprint density at radius 2 is 2.00 bits per heavy atom. The number of hydrogen-bond acceptors (Lipinski definition) is 5. The Morgan fingerprint density at radius 3 is 2.62 bits per heavy atom. The van der Waals surface area contributed by atoms with Crippen molar-refractivity contribution in [2.24, 2.45) is 0 Å². The summed E-state index contributed by atoms with van der Waals surface area (Å²) in [6.45, 7) is 4.15. The highest BCUT2D eigenvalue weighted by Gasteiger charge is 2.34. The van der Waals surface area contributed by atoms with E-state index in [1.54, 1.807) is 24.3 Å². The van der Waals surface area contributed by atoms with Crippen LogP contribution in [-0.2, 0) is 14.8 Å². The summed E-state index contributed by atoms with van der Waals surface area (Å²) in [7, 11) is -3.76. The monoisotopic (exact) mass is 384 g/mol. The van der Waals surface area contributed by atoms with E-state index in [4.69, 9.17) is 4.74 Å². The molecule has 146 valence electrons. The van der Waals surface area contributed by atoms with Crippen molar-refractivity contribution in [3.05, 3.63) is 29.8 Å². The molecule has 1 aliphatic heterocycles. The van der Waals surface area contributed by atoms with Crippen LogP contribution in [0, 0.1) is 6.92 Å². The predicted molar refractivity (Wildman–Crippen MR) is 98.3 cm³/mol. The summed E-state index contributed by atoms with van der Waals surface area (Å²) < 4.78 is 32.9. The lowest BCUT2D eigenvalue weighted by Crippen LogP contribution is -2.56. The first-order chi connectivity index (χ1) is 12.3. The zero-order chi connectivity index (χ0) is 19.2. The maximum absolute atomic E-state index is 12.7. The van der Waals surface area contributed by atoms with Crippen molar-refractivity contribution < 1.29 is 23.1 Å². The Hall–Kier alpha value is -1.64. The van der Waals surface area contributed by atoms with Gasteiger partial charge in [-0.1, -0.05) is 43.9 Å². The largest absolute Gasteiger partial charge is 0.449 e. The number of carbonyl (C=O) groups excluding carboxylic acids is 1. The maximum atomic E-state index is 12.7. The van der Waals surface area contributed by atoms with Gasteiger partial charge in [-0.25, -0.2) is 17.9 Å². The van der Waals surface area contributed by atoms with Crippen molar-refractivity contribution in [2.45, 2.75) is 69.0 Å². The summed E-state index contributed by atoms with van der Waals surface area (Å²) in [6.07, 6.45) is 2.02. The first-order valence-corrected chi connectivity index (χ1v) is 10.5. The molecular weight excluding hydrogens is 356 g/mol. The molecular formula is C18H28N2O5S. The number of hydrogen-bond donors (Lipinski definition) is 3. The van der Waals surface area contributed by atoms with Crippen LogP contribution in [0.4, 0.5) is 4.79 Å². The van der Waals surface area contributed by atoms with E-state index >= 15 is 0 Å². The van der Waals surface area contributed by atoms with Gasteiger partial charge in [0, 0.05) is 6.42 Å². The number of aliphatic hydroxyl groups is 1. The van der Waals surface area contributed by atoms with Crippen molar-refractivity contribution >= 4 is 16.1 Å². The molecule has 7 nitrogen and oxygen atoms in total. The van der Waals surface area contributed by atoms with Crippen molar-refractivity contribution in [3.8, 4) is 0 Å². The van der Waals surface area contributed by atoms with Crippen LogP contribution in [0.3, 0.4) is 0 Å². The van der Waals surface area contributed by atoms with Gasteiger partial charge in [-0.15, -0.1) is 0 Å². The van der Waals surface area contributed by atoms with E-state index in [1.807, 2.05) is 6.92 Å². The molecule has 1 saturated heterocycles. The molecule has 1 unspecified atom stereocenters. The number of benzene rings is 1. The summed E-state index contributed by atoms with van der Waals surface area (Å²) >= 11 is 0. The molecule has 1 aromatic carbocycles. The number of unbranched alkanes of at least 4 members (excludes halogenated alkanes) is 2. The van der Waals surface area contributed by atoms with Crippen LogP contribution in [0.2, 0.25) is 0 Å². The number of sulfonamides is 1. The SMILES string of the molecule is CCCCC[C@H](NS(=O)(=O)c1ccc(C)cc1)C(O)[C@@H]1CCOC(=O)N1. The molecule has 2 rings (SSSR count). The van der Waals surface area contributed by atoms with Gasteiger partial charge in [-0.2, -0.15) is 0 Å². The van der Waals surface area contributed by atoms with E-state index in [0.717, 1.165) is 24.8 Å². The van der Waals surface area contributed by atoms with E-state index in [9.17, 15) is 18.3 Å². The normalized spacial score (nSPS) is 20.1. The molecule has 8 heteroatoms. The van der Waals surface area contributed by atoms with E-state index in [1.165, 1.54) is 0 Å². The van der Waals surface area contributed by atoms with Gasteiger partial charge in [0.15, 0.2) is 0 Å². The minimum Gasteiger partial charge on any atom is -0.449 e. The van der Waals surface area contributed by atoms with Crippen molar-refractivity contribution in [2.75, 3.05) is 6.61 Å². The lowest BCUT2D eigenvalue weighted by Gasteiger charge is -2.33. The van der Waals surface area contributed by atoms with Gasteiger partial charge in [0.05, 0.1) is 29.7 Å². The zero-order valence-corrected chi connectivity index (χ0v) is 16.1. The minimum atomic E-state index is -3.76. The molecule has 1 aromatic rings. The highest BCUT2D eigenvalue weighted by Crippen LogP contribution is 2.18. The molecule has 0 bridgehead atoms. The summed E-state index contributed by atoms with van der Waals surface area (Å²) in [5, 5.41) is 13.3. The Balaban J connectivity index is 2.14. The minimum absolute atomic E-state index is 0.159. The van der Waals surface area contributed by atoms with Crippen LogP contribution in [0.5, 0.6) is 0 Å². The Kier molecular flexibility index (Phi) is 7.43. The molecule has 0 radical (unpaired) electrons. The number of alkyl carbamates (subject to hydrolysis) is 1. The fraction of sp³-hybridized carbons (Fsp3) is 0.611. The maximum Gasteiger partial charge on any atom is 0.407 e. The third kappa shape index (κ3) is 5.69. The average Bonchev–Trinajstić information content (AvgIpc) is 2.60. The fourth-order valence-corrected chi connectivity index (χ4v) is 4.27. The topological polar surface area (TPSA) is 105 Å². The van der Waals surface area contributed by atoms with Crippen LogP contribution >= 0.6 is 0 Å². The Labute approximate surface area is 155 Å². The molecule has 26 heavy (non-hydrogen) atoms. The summed E-state index contributed by atoms with van der Waals surface area (Å²) in [5.74, 6) is 0. The predicted octanol–water partition coefficient (Wildman–Crippen LogP) is 2.08. The highest BCUT2D eigenvalue weighted by atomic mass is 32.2. The summed E-state index contributed by atoms with van der Waals surface area (Å²) in [4.78, 5) is 11.6. The second-order valence-electron chi connectivity index (χ2n) is 6.70. The molecule has 1 aliphatic rings. The third-order valence-electron chi connectivity index (χ3n) is 4.55. The fourth-order valence-electron chi connectivity index (χ4n) is 2.98. The molecule has 1 amide bonds. The van der Waals surface area contributed by atoms with Gasteiger partial charge in [0.2, 0.25) is 10.0 Å². The zero-order valence-electron chi connectivity index (χ0n) is 15.3. The van der Waals surface area contributed by atoms with Crippen LogP contribution in [0.25, 0.3) is 0 Å². The van der Waals surface area contributed by atoms with Gasteiger partial charge >= 0.3 is 6.09 Å².